The van der Waals surface area contributed by atoms with Gasteiger partial charge in [0.2, 0.25) is 0 Å². The number of benzene rings is 2. The number of aromatic nitrogens is 1. The molecule has 0 bridgehead atoms. The van der Waals surface area contributed by atoms with Crippen LogP contribution in [0.5, 0.6) is 0 Å². The van der Waals surface area contributed by atoms with Crippen LogP contribution in [0.2, 0.25) is 17.3 Å². The molecular weight excluding hydrogens is 327 g/mol. The van der Waals surface area contributed by atoms with Crippen molar-refractivity contribution in [2.45, 2.75) is 17.3 Å². The van der Waals surface area contributed by atoms with Gasteiger partial charge in [-0.3, -0.25) is 0 Å². The Balaban J connectivity index is 1.96. The monoisotopic (exact) mass is 349 g/mol. The van der Waals surface area contributed by atoms with E-state index in [4.69, 9.17) is 0 Å². The third-order valence-corrected chi connectivity index (χ3v) is 8.25. The van der Waals surface area contributed by atoms with Gasteiger partial charge < -0.3 is 0 Å². The second kappa shape index (κ2) is 6.09. The Morgan fingerprint density at radius 2 is 1.36 bits per heavy atom. The van der Waals surface area contributed by atoms with Crippen molar-refractivity contribution in [3.63, 3.8) is 0 Å². The summed E-state index contributed by atoms with van der Waals surface area (Å²) < 4.78 is 1.54. The number of hydrogen-bond donors (Lipinski definition) is 0. The number of hydrogen-bond acceptors (Lipinski definition) is 1. The summed E-state index contributed by atoms with van der Waals surface area (Å²) in [4.78, 5) is 4.50. The fourth-order valence-electron chi connectivity index (χ4n) is 2.54. The van der Waals surface area contributed by atoms with Gasteiger partial charge >= 0.3 is 135 Å². The molecule has 1 heterocycles. The first-order valence-electron chi connectivity index (χ1n) is 7.66. The van der Waals surface area contributed by atoms with E-state index in [0.29, 0.717) is 0 Å². The fourth-order valence-corrected chi connectivity index (χ4v) is 4.99. The molecule has 0 aliphatic carbocycles. The van der Waals surface area contributed by atoms with Crippen LogP contribution in [0.15, 0.2) is 72.9 Å². The van der Waals surface area contributed by atoms with Gasteiger partial charge in [0.25, 0.3) is 0 Å². The Morgan fingerprint density at radius 3 is 2.00 bits per heavy atom. The molecular formula is C20H21GeN. The van der Waals surface area contributed by atoms with Gasteiger partial charge in [-0.2, -0.15) is 0 Å². The molecule has 0 unspecified atom stereocenters. The molecule has 3 rings (SSSR count). The van der Waals surface area contributed by atoms with Crippen molar-refractivity contribution in [2.24, 2.45) is 0 Å². The van der Waals surface area contributed by atoms with Gasteiger partial charge in [-0.25, -0.2) is 0 Å². The van der Waals surface area contributed by atoms with E-state index in [2.05, 4.69) is 70.8 Å². The molecule has 0 saturated heterocycles. The van der Waals surface area contributed by atoms with Gasteiger partial charge in [0.05, 0.1) is 0 Å². The standard InChI is InChI=1S/C20H21GeN/c1-21(2,3)19-11-9-16(10-12-19)18-13-14-22-20(15-18)17-7-5-4-6-8-17/h4-15H,1-3H3. The molecule has 0 fully saturated rings. The SMILES string of the molecule is [CH3][Ge]([CH3])([CH3])[c]1ccc(-c2ccnc(-c3ccccc3)c2)cc1. The zero-order valence-electron chi connectivity index (χ0n) is 13.4. The molecule has 0 radical (unpaired) electrons. The van der Waals surface area contributed by atoms with Gasteiger partial charge in [0.15, 0.2) is 0 Å². The van der Waals surface area contributed by atoms with Crippen molar-refractivity contribution >= 4 is 17.7 Å². The molecule has 22 heavy (non-hydrogen) atoms. The summed E-state index contributed by atoms with van der Waals surface area (Å²) in [6.07, 6.45) is 1.90. The summed E-state index contributed by atoms with van der Waals surface area (Å²) in [5.41, 5.74) is 4.66. The molecule has 0 amide bonds. The molecule has 0 aliphatic heterocycles. The van der Waals surface area contributed by atoms with Crippen LogP contribution < -0.4 is 4.40 Å². The van der Waals surface area contributed by atoms with Gasteiger partial charge in [-0.05, 0) is 0 Å². The van der Waals surface area contributed by atoms with E-state index < -0.39 is 13.3 Å². The van der Waals surface area contributed by atoms with E-state index in [0.717, 1.165) is 11.3 Å². The fraction of sp³-hybridized carbons (Fsp3) is 0.150. The minimum absolute atomic E-state index is 1.02. The van der Waals surface area contributed by atoms with E-state index in [9.17, 15) is 0 Å². The van der Waals surface area contributed by atoms with E-state index in [1.54, 1.807) is 4.40 Å². The Kier molecular flexibility index (Phi) is 4.17. The van der Waals surface area contributed by atoms with Crippen LogP contribution in [-0.4, -0.2) is 18.3 Å². The molecule has 2 aromatic carbocycles. The van der Waals surface area contributed by atoms with Crippen LogP contribution in [0.3, 0.4) is 0 Å². The normalized spacial score (nSPS) is 11.4. The molecule has 0 spiro atoms. The summed E-state index contributed by atoms with van der Waals surface area (Å²) in [7, 11) is 0. The molecule has 110 valence electrons. The third-order valence-electron chi connectivity index (χ3n) is 3.91. The average molecular weight is 348 g/mol. The predicted molar refractivity (Wildman–Crippen MR) is 98.1 cm³/mol. The van der Waals surface area contributed by atoms with Crippen molar-refractivity contribution in [1.29, 1.82) is 0 Å². The Labute approximate surface area is 135 Å². The molecule has 2 heteroatoms. The van der Waals surface area contributed by atoms with Crippen LogP contribution in [0.4, 0.5) is 0 Å². The molecule has 1 aromatic heterocycles. The van der Waals surface area contributed by atoms with Crippen LogP contribution in [0.25, 0.3) is 22.4 Å². The molecule has 0 N–H and O–H groups in total. The summed E-state index contributed by atoms with van der Waals surface area (Å²) in [6, 6.07) is 23.7. The molecule has 1 nitrogen and oxygen atoms in total. The first-order chi connectivity index (χ1) is 10.5. The topological polar surface area (TPSA) is 12.9 Å². The maximum absolute atomic E-state index is 4.50. The van der Waals surface area contributed by atoms with Gasteiger partial charge in [-0.1, -0.05) is 0 Å². The molecule has 3 aromatic rings. The van der Waals surface area contributed by atoms with Crippen molar-refractivity contribution < 1.29 is 0 Å². The van der Waals surface area contributed by atoms with Crippen LogP contribution in [0, 0.1) is 0 Å². The van der Waals surface area contributed by atoms with Crippen LogP contribution >= 0.6 is 0 Å². The second-order valence-electron chi connectivity index (χ2n) is 6.62. The summed E-state index contributed by atoms with van der Waals surface area (Å²) in [6.45, 7) is 0. The Hall–Kier alpha value is -1.87. The number of nitrogens with zero attached hydrogens (tertiary/aromatic N) is 1. The molecule has 0 saturated carbocycles. The van der Waals surface area contributed by atoms with Gasteiger partial charge in [0.1, 0.15) is 0 Å². The van der Waals surface area contributed by atoms with Crippen molar-refractivity contribution in [3.05, 3.63) is 72.9 Å². The molecule has 0 aliphatic rings. The van der Waals surface area contributed by atoms with Crippen molar-refractivity contribution in [2.75, 3.05) is 0 Å². The average Bonchev–Trinajstić information content (AvgIpc) is 2.55. The van der Waals surface area contributed by atoms with Gasteiger partial charge in [-0.15, -0.1) is 0 Å². The Bertz CT molecular complexity index is 756. The van der Waals surface area contributed by atoms with E-state index >= 15 is 0 Å². The zero-order chi connectivity index (χ0) is 15.6. The Morgan fingerprint density at radius 1 is 0.682 bits per heavy atom. The summed E-state index contributed by atoms with van der Waals surface area (Å²) in [5.74, 6) is 7.28. The van der Waals surface area contributed by atoms with E-state index in [-0.39, 0.29) is 0 Å². The van der Waals surface area contributed by atoms with Gasteiger partial charge in [0, 0.05) is 0 Å². The van der Waals surface area contributed by atoms with E-state index in [1.165, 1.54) is 11.1 Å². The van der Waals surface area contributed by atoms with Crippen LogP contribution in [0.1, 0.15) is 0 Å². The quantitative estimate of drug-likeness (QED) is 0.610. The zero-order valence-corrected chi connectivity index (χ0v) is 15.5. The number of pyridine rings is 1. The minimum atomic E-state index is -1.73. The first kappa shape index (κ1) is 15.0. The third kappa shape index (κ3) is 3.30. The second-order valence-corrected chi connectivity index (χ2v) is 17.3. The summed E-state index contributed by atoms with van der Waals surface area (Å²) >= 11 is -1.73. The molecule has 0 atom stereocenters. The maximum atomic E-state index is 4.50. The predicted octanol–water partition coefficient (Wildman–Crippen LogP) is 4.96. The van der Waals surface area contributed by atoms with Crippen molar-refractivity contribution in [1.82, 2.24) is 4.98 Å². The van der Waals surface area contributed by atoms with E-state index in [1.807, 2.05) is 24.4 Å². The van der Waals surface area contributed by atoms with Crippen LogP contribution in [-0.2, 0) is 0 Å². The summed E-state index contributed by atoms with van der Waals surface area (Å²) in [5, 5.41) is 0. The first-order valence-corrected chi connectivity index (χ1v) is 15.0. The number of rotatable bonds is 3. The van der Waals surface area contributed by atoms with Crippen molar-refractivity contribution in [3.8, 4) is 22.4 Å².